The van der Waals surface area contributed by atoms with E-state index < -0.39 is 0 Å². The Bertz CT molecular complexity index is 294. The molecule has 0 saturated heterocycles. The molecule has 0 bridgehead atoms. The first kappa shape index (κ1) is 11.6. The van der Waals surface area contributed by atoms with Crippen LogP contribution >= 0.6 is 0 Å². The van der Waals surface area contributed by atoms with Crippen molar-refractivity contribution in [2.75, 3.05) is 6.54 Å². The first-order chi connectivity index (χ1) is 7.75. The lowest BCUT2D eigenvalue weighted by atomic mass is 9.79. The van der Waals surface area contributed by atoms with Gasteiger partial charge in [-0.25, -0.2) is 4.98 Å². The van der Waals surface area contributed by atoms with E-state index in [0.29, 0.717) is 0 Å². The Labute approximate surface area is 98.3 Å². The summed E-state index contributed by atoms with van der Waals surface area (Å²) in [6, 6.07) is 0.731. The van der Waals surface area contributed by atoms with Gasteiger partial charge in [0.1, 0.15) is 0 Å². The Kier molecular flexibility index (Phi) is 3.99. The SMILES string of the molecule is CC1CCC(NCCn2ccnc2)CC1C. The molecule has 3 heteroatoms. The molecule has 3 nitrogen and oxygen atoms in total. The lowest BCUT2D eigenvalue weighted by Crippen LogP contribution is -2.37. The topological polar surface area (TPSA) is 29.9 Å². The molecule has 1 N–H and O–H groups in total. The van der Waals surface area contributed by atoms with E-state index in [2.05, 4.69) is 28.7 Å². The molecular formula is C13H23N3. The van der Waals surface area contributed by atoms with Gasteiger partial charge in [-0.3, -0.25) is 0 Å². The molecule has 0 aliphatic heterocycles. The molecule has 1 aliphatic rings. The molecule has 2 rings (SSSR count). The van der Waals surface area contributed by atoms with E-state index in [1.54, 1.807) is 0 Å². The van der Waals surface area contributed by atoms with Crippen LogP contribution in [0.15, 0.2) is 18.7 Å². The highest BCUT2D eigenvalue weighted by Crippen LogP contribution is 2.29. The van der Waals surface area contributed by atoms with Crippen molar-refractivity contribution < 1.29 is 0 Å². The molecule has 1 fully saturated rings. The highest BCUT2D eigenvalue weighted by atomic mass is 15.0. The van der Waals surface area contributed by atoms with E-state index in [4.69, 9.17) is 0 Å². The van der Waals surface area contributed by atoms with Gasteiger partial charge in [-0.15, -0.1) is 0 Å². The van der Waals surface area contributed by atoms with Crippen LogP contribution < -0.4 is 5.32 Å². The molecule has 0 radical (unpaired) electrons. The Morgan fingerprint density at radius 3 is 2.88 bits per heavy atom. The van der Waals surface area contributed by atoms with Crippen LogP contribution in [0.1, 0.15) is 33.1 Å². The molecule has 0 amide bonds. The maximum Gasteiger partial charge on any atom is 0.0946 e. The van der Waals surface area contributed by atoms with E-state index >= 15 is 0 Å². The Hall–Kier alpha value is -0.830. The van der Waals surface area contributed by atoms with E-state index in [1.807, 2.05) is 18.7 Å². The summed E-state index contributed by atoms with van der Waals surface area (Å²) in [6.07, 6.45) is 9.80. The maximum absolute atomic E-state index is 4.04. The summed E-state index contributed by atoms with van der Waals surface area (Å²) >= 11 is 0. The van der Waals surface area contributed by atoms with Gasteiger partial charge < -0.3 is 9.88 Å². The Balaban J connectivity index is 1.67. The zero-order chi connectivity index (χ0) is 11.4. The van der Waals surface area contributed by atoms with Crippen LogP contribution in [0.2, 0.25) is 0 Å². The second-order valence-electron chi connectivity index (χ2n) is 5.22. The Morgan fingerprint density at radius 2 is 2.19 bits per heavy atom. The summed E-state index contributed by atoms with van der Waals surface area (Å²) < 4.78 is 2.13. The van der Waals surface area contributed by atoms with Crippen molar-refractivity contribution in [1.29, 1.82) is 0 Å². The molecule has 1 heterocycles. The average molecular weight is 221 g/mol. The van der Waals surface area contributed by atoms with E-state index in [9.17, 15) is 0 Å². The summed E-state index contributed by atoms with van der Waals surface area (Å²) in [7, 11) is 0. The predicted molar refractivity (Wildman–Crippen MR) is 66.2 cm³/mol. The predicted octanol–water partition coefficient (Wildman–Crippen LogP) is 2.30. The molecule has 1 aromatic heterocycles. The van der Waals surface area contributed by atoms with Crippen molar-refractivity contribution in [3.63, 3.8) is 0 Å². The summed E-state index contributed by atoms with van der Waals surface area (Å²) in [5.41, 5.74) is 0. The van der Waals surface area contributed by atoms with Crippen LogP contribution in [0.5, 0.6) is 0 Å². The number of rotatable bonds is 4. The molecule has 3 unspecified atom stereocenters. The van der Waals surface area contributed by atoms with Gasteiger partial charge in [-0.2, -0.15) is 0 Å². The second kappa shape index (κ2) is 5.48. The van der Waals surface area contributed by atoms with Crippen molar-refractivity contribution in [3.8, 4) is 0 Å². The number of hydrogen-bond acceptors (Lipinski definition) is 2. The zero-order valence-electron chi connectivity index (χ0n) is 10.4. The third-order valence-electron chi connectivity index (χ3n) is 3.96. The van der Waals surface area contributed by atoms with Crippen LogP contribution in [-0.2, 0) is 6.54 Å². The minimum absolute atomic E-state index is 0.731. The quantitative estimate of drug-likeness (QED) is 0.845. The van der Waals surface area contributed by atoms with Crippen LogP contribution in [0.3, 0.4) is 0 Å². The van der Waals surface area contributed by atoms with Gasteiger partial charge in [0.05, 0.1) is 6.33 Å². The van der Waals surface area contributed by atoms with Crippen LogP contribution in [-0.4, -0.2) is 22.1 Å². The summed E-state index contributed by atoms with van der Waals surface area (Å²) in [4.78, 5) is 4.04. The standard InChI is InChI=1S/C13H23N3/c1-11-3-4-13(9-12(11)2)15-6-8-16-7-5-14-10-16/h5,7,10-13,15H,3-4,6,8-9H2,1-2H3. The molecule has 0 aromatic carbocycles. The molecule has 3 atom stereocenters. The third kappa shape index (κ3) is 3.08. The normalized spacial score (nSPS) is 30.5. The fraction of sp³-hybridized carbons (Fsp3) is 0.769. The largest absolute Gasteiger partial charge is 0.336 e. The molecular weight excluding hydrogens is 198 g/mol. The number of aromatic nitrogens is 2. The highest BCUT2D eigenvalue weighted by Gasteiger charge is 2.23. The molecule has 0 spiro atoms. The summed E-state index contributed by atoms with van der Waals surface area (Å²) in [6.45, 7) is 6.85. The highest BCUT2D eigenvalue weighted by molar-refractivity contribution is 4.80. The maximum atomic E-state index is 4.04. The second-order valence-corrected chi connectivity index (χ2v) is 5.22. The van der Waals surface area contributed by atoms with Gasteiger partial charge in [0.15, 0.2) is 0 Å². The van der Waals surface area contributed by atoms with Gasteiger partial charge in [-0.1, -0.05) is 13.8 Å². The molecule has 90 valence electrons. The van der Waals surface area contributed by atoms with Crippen LogP contribution in [0.25, 0.3) is 0 Å². The molecule has 1 aliphatic carbocycles. The van der Waals surface area contributed by atoms with Gasteiger partial charge >= 0.3 is 0 Å². The van der Waals surface area contributed by atoms with Crippen molar-refractivity contribution in [2.45, 2.75) is 45.7 Å². The summed E-state index contributed by atoms with van der Waals surface area (Å²) in [5, 5.41) is 3.66. The average Bonchev–Trinajstić information content (AvgIpc) is 2.76. The summed E-state index contributed by atoms with van der Waals surface area (Å²) in [5.74, 6) is 1.78. The van der Waals surface area contributed by atoms with Gasteiger partial charge in [0, 0.05) is 31.5 Å². The van der Waals surface area contributed by atoms with Crippen molar-refractivity contribution in [1.82, 2.24) is 14.9 Å². The van der Waals surface area contributed by atoms with E-state index in [-0.39, 0.29) is 0 Å². The molecule has 1 saturated carbocycles. The van der Waals surface area contributed by atoms with Gasteiger partial charge in [0.2, 0.25) is 0 Å². The molecule has 1 aromatic rings. The number of nitrogens with one attached hydrogen (secondary N) is 1. The van der Waals surface area contributed by atoms with Gasteiger partial charge in [-0.05, 0) is 31.1 Å². The number of nitrogens with zero attached hydrogens (tertiary/aromatic N) is 2. The van der Waals surface area contributed by atoms with E-state index in [0.717, 1.165) is 31.0 Å². The zero-order valence-corrected chi connectivity index (χ0v) is 10.4. The fourth-order valence-corrected chi connectivity index (χ4v) is 2.55. The van der Waals surface area contributed by atoms with Crippen LogP contribution in [0, 0.1) is 11.8 Å². The van der Waals surface area contributed by atoms with Crippen molar-refractivity contribution in [3.05, 3.63) is 18.7 Å². The third-order valence-corrected chi connectivity index (χ3v) is 3.96. The smallest absolute Gasteiger partial charge is 0.0946 e. The minimum Gasteiger partial charge on any atom is -0.336 e. The fourth-order valence-electron chi connectivity index (χ4n) is 2.55. The first-order valence-electron chi connectivity index (χ1n) is 6.45. The Morgan fingerprint density at radius 1 is 1.31 bits per heavy atom. The van der Waals surface area contributed by atoms with Crippen LogP contribution in [0.4, 0.5) is 0 Å². The van der Waals surface area contributed by atoms with Crippen molar-refractivity contribution >= 4 is 0 Å². The number of imidazole rings is 1. The molecule has 16 heavy (non-hydrogen) atoms. The number of hydrogen-bond donors (Lipinski definition) is 1. The van der Waals surface area contributed by atoms with Crippen molar-refractivity contribution in [2.24, 2.45) is 11.8 Å². The lowest BCUT2D eigenvalue weighted by molar-refractivity contribution is 0.225. The van der Waals surface area contributed by atoms with E-state index in [1.165, 1.54) is 19.3 Å². The van der Waals surface area contributed by atoms with Gasteiger partial charge in [0.25, 0.3) is 0 Å². The minimum atomic E-state index is 0.731. The lowest BCUT2D eigenvalue weighted by Gasteiger charge is -2.32. The monoisotopic (exact) mass is 221 g/mol. The first-order valence-corrected chi connectivity index (χ1v) is 6.45.